The average Bonchev–Trinajstić information content (AvgIpc) is 3.19. The van der Waals surface area contributed by atoms with Crippen LogP contribution in [0.4, 0.5) is 0 Å². The van der Waals surface area contributed by atoms with Gasteiger partial charge in [0, 0.05) is 0 Å². The van der Waals surface area contributed by atoms with Crippen molar-refractivity contribution in [2.45, 2.75) is 140 Å². The summed E-state index contributed by atoms with van der Waals surface area (Å²) >= 11 is 0. The van der Waals surface area contributed by atoms with Crippen LogP contribution < -0.4 is 154 Å². The van der Waals surface area contributed by atoms with E-state index in [2.05, 4.69) is 168 Å². The van der Waals surface area contributed by atoms with Crippen molar-refractivity contribution in [2.75, 3.05) is 35.2 Å². The predicted molar refractivity (Wildman–Crippen MR) is 210 cm³/mol. The highest BCUT2D eigenvalue weighted by Gasteiger charge is 2.39. The third kappa shape index (κ3) is 12.4. The summed E-state index contributed by atoms with van der Waals surface area (Å²) in [6, 6.07) is 0. The summed E-state index contributed by atoms with van der Waals surface area (Å²) in [7, 11) is 9.48. The van der Waals surface area contributed by atoms with Gasteiger partial charge in [-0.1, -0.05) is 6.92 Å². The van der Waals surface area contributed by atoms with Crippen LogP contribution in [0.15, 0.2) is 0 Å². The second-order valence-corrected chi connectivity index (χ2v) is 14.5. The fourth-order valence-electron chi connectivity index (χ4n) is 7.23. The number of hydrogen-bond donors (Lipinski definition) is 29. The maximum absolute atomic E-state index is 6.36. The zero-order valence-electron chi connectivity index (χ0n) is 33.6. The van der Waals surface area contributed by atoms with Crippen LogP contribution >= 0.6 is 0 Å². The minimum absolute atomic E-state index is 0.0191. The fraction of sp³-hybridized carbons (Fsp3) is 1.00. The van der Waals surface area contributed by atoms with Crippen molar-refractivity contribution >= 4 is 0 Å². The van der Waals surface area contributed by atoms with Gasteiger partial charge in [-0.15, -0.1) is 0 Å². The van der Waals surface area contributed by atoms with E-state index in [1.165, 1.54) is 0 Å². The Morgan fingerprint density at radius 2 is 0.491 bits per heavy atom. The number of hydrogen-bond acceptors (Lipinski definition) is 30. The Hall–Kier alpha value is -1.20. The highest BCUT2D eigenvalue weighted by molar-refractivity contribution is 4.91. The van der Waals surface area contributed by atoms with E-state index in [9.17, 15) is 0 Å². The summed E-state index contributed by atoms with van der Waals surface area (Å²) in [5.74, 6) is 0. The van der Waals surface area contributed by atoms with Crippen LogP contribution in [0.5, 0.6) is 0 Å². The van der Waals surface area contributed by atoms with Gasteiger partial charge in [-0.05, 0) is 48.6 Å². The Kier molecular flexibility index (Phi) is 16.2. The first kappa shape index (κ1) is 43.9. The van der Waals surface area contributed by atoms with E-state index < -0.39 is 18.9 Å². The zero-order valence-corrected chi connectivity index (χ0v) is 33.6. The second-order valence-electron chi connectivity index (χ2n) is 14.5. The molecular formula is C27H71N29O. The van der Waals surface area contributed by atoms with Crippen molar-refractivity contribution in [1.29, 1.82) is 0 Å². The van der Waals surface area contributed by atoms with E-state index in [1.54, 1.807) is 0 Å². The van der Waals surface area contributed by atoms with Crippen LogP contribution in [-0.4, -0.2) is 155 Å². The van der Waals surface area contributed by atoms with E-state index in [0.29, 0.717) is 0 Å². The molecule has 30 heteroatoms. The summed E-state index contributed by atoms with van der Waals surface area (Å²) in [6.45, 7) is 4.16. The lowest BCUT2D eigenvalue weighted by atomic mass is 10.3. The van der Waals surface area contributed by atoms with Gasteiger partial charge in [0.2, 0.25) is 0 Å². The first-order valence-electron chi connectivity index (χ1n) is 20.0. The molecule has 330 valence electrons. The molecule has 12 bridgehead atoms. The predicted octanol–water partition coefficient (Wildman–Crippen LogP) is -13.8. The van der Waals surface area contributed by atoms with Gasteiger partial charge in [-0.3, -0.25) is 154 Å². The molecule has 17 unspecified atom stereocenters. The molecule has 57 heavy (non-hydrogen) atoms. The number of rotatable bonds is 8. The maximum atomic E-state index is 6.36. The van der Waals surface area contributed by atoms with Crippen LogP contribution in [0, 0.1) is 0 Å². The first-order valence-corrected chi connectivity index (χ1v) is 20.0. The normalized spacial score (nSPS) is 47.0. The molecule has 0 amide bonds. The van der Waals surface area contributed by atoms with Crippen LogP contribution in [-0.2, 0) is 4.74 Å². The second kappa shape index (κ2) is 21.1. The Labute approximate surface area is 333 Å². The fourth-order valence-corrected chi connectivity index (χ4v) is 7.23. The maximum Gasteiger partial charge on any atom is 0.168 e. The average molecular weight is 818 g/mol. The van der Waals surface area contributed by atoms with Crippen molar-refractivity contribution in [3.63, 3.8) is 0 Å². The van der Waals surface area contributed by atoms with Gasteiger partial charge in [-0.25, -0.2) is 0 Å². The highest BCUT2D eigenvalue weighted by Crippen LogP contribution is 2.04. The Morgan fingerprint density at radius 1 is 0.316 bits per heavy atom. The molecule has 0 saturated carbocycles. The molecular weight excluding hydrogens is 746 g/mol. The molecule has 17 atom stereocenters. The minimum Gasteiger partial charge on any atom is -0.347 e. The Morgan fingerprint density at radius 3 is 0.649 bits per heavy atom. The lowest BCUT2D eigenvalue weighted by Crippen LogP contribution is -2.87. The standard InChI is InChI=1S/C27H71N29O/c1-8-9(2)57-27-55-25-52-23-41-13(31-6)39-21(50-23)48-19-37-11(29-4)35-17(46-19)44-15-33-10(28-3)34-16(43-15)45-18-36-12(30-5)38-20(47-18)49-22-40-14(32-7)42-24(51-22)53-26(54-25)56-27/h9-56H,8H2,1-7H3. The third-order valence-corrected chi connectivity index (χ3v) is 10.4. The van der Waals surface area contributed by atoms with E-state index in [4.69, 9.17) is 4.74 Å². The van der Waals surface area contributed by atoms with E-state index >= 15 is 0 Å². The van der Waals surface area contributed by atoms with Crippen LogP contribution in [0.2, 0.25) is 0 Å². The van der Waals surface area contributed by atoms with Gasteiger partial charge in [0.1, 0.15) is 107 Å². The van der Waals surface area contributed by atoms with Gasteiger partial charge in [0.05, 0.1) is 6.10 Å². The molecule has 0 aromatic heterocycles. The number of ether oxygens (including phenoxy) is 1. The van der Waals surface area contributed by atoms with E-state index in [1.807, 2.05) is 35.2 Å². The zero-order chi connectivity index (χ0) is 39.9. The van der Waals surface area contributed by atoms with Gasteiger partial charge < -0.3 is 4.74 Å². The van der Waals surface area contributed by atoms with E-state index in [-0.39, 0.29) is 100 Å². The molecule has 29 N–H and O–H groups in total. The Bertz CT molecular complexity index is 1120. The summed E-state index contributed by atoms with van der Waals surface area (Å²) in [5.41, 5.74) is 0. The minimum atomic E-state index is -0.473. The lowest BCUT2D eigenvalue weighted by molar-refractivity contribution is -0.0888. The van der Waals surface area contributed by atoms with Crippen molar-refractivity contribution in [1.82, 2.24) is 154 Å². The smallest absolute Gasteiger partial charge is 0.168 e. The number of fused-ring (bicyclic) bond motifs is 12. The molecule has 0 aromatic rings. The molecule has 30 nitrogen and oxygen atoms in total. The quantitative estimate of drug-likeness (QED) is 0.108. The molecule has 0 aromatic carbocycles. The molecule has 7 saturated heterocycles. The Balaban J connectivity index is 1.13. The summed E-state index contributed by atoms with van der Waals surface area (Å²) in [4.78, 5) is 0. The van der Waals surface area contributed by atoms with Gasteiger partial charge in [0.15, 0.2) is 6.35 Å². The van der Waals surface area contributed by atoms with E-state index in [0.717, 1.165) is 6.42 Å². The molecule has 7 aliphatic rings. The molecule has 0 aliphatic carbocycles. The lowest BCUT2D eigenvalue weighted by Gasteiger charge is -2.48. The molecule has 0 spiro atoms. The SMILES string of the molecule is CCC(C)OC1NC2NC3NC(NC)NC(NC4NC(NC)NC(NC5NC(NC)NC(N5)NC5NC(NC)NC(N5)NC5NC(NC)NC(N5)NC(N2)N1)N4)N3. The molecule has 7 rings (SSSR count). The summed E-state index contributed by atoms with van der Waals surface area (Å²) < 4.78 is 6.36. The molecule has 7 fully saturated rings. The van der Waals surface area contributed by atoms with Crippen molar-refractivity contribution in [2.24, 2.45) is 0 Å². The van der Waals surface area contributed by atoms with Crippen molar-refractivity contribution in [3.05, 3.63) is 0 Å². The topological polar surface area (TPSA) is 358 Å². The molecule has 7 heterocycles. The van der Waals surface area contributed by atoms with Crippen LogP contribution in [0.3, 0.4) is 0 Å². The number of nitrogens with one attached hydrogen (secondary N) is 29. The van der Waals surface area contributed by atoms with Crippen LogP contribution in [0.25, 0.3) is 0 Å². The molecule has 0 radical (unpaired) electrons. The van der Waals surface area contributed by atoms with Gasteiger partial charge >= 0.3 is 0 Å². The summed E-state index contributed by atoms with van der Waals surface area (Å²) in [5, 5.41) is 102. The summed E-state index contributed by atoms with van der Waals surface area (Å²) in [6.07, 6.45) is -5.05. The monoisotopic (exact) mass is 818 g/mol. The highest BCUT2D eigenvalue weighted by atomic mass is 16.5. The van der Waals surface area contributed by atoms with Crippen molar-refractivity contribution < 1.29 is 4.74 Å². The van der Waals surface area contributed by atoms with Gasteiger partial charge in [0.25, 0.3) is 0 Å². The van der Waals surface area contributed by atoms with Crippen LogP contribution in [0.1, 0.15) is 20.3 Å². The first-order chi connectivity index (χ1) is 27.7. The largest absolute Gasteiger partial charge is 0.347 e. The third-order valence-electron chi connectivity index (χ3n) is 10.4. The van der Waals surface area contributed by atoms with Crippen molar-refractivity contribution in [3.8, 4) is 0 Å². The molecule has 7 aliphatic heterocycles. The van der Waals surface area contributed by atoms with Gasteiger partial charge in [-0.2, -0.15) is 0 Å².